The molecule has 0 saturated heterocycles. The van der Waals surface area contributed by atoms with E-state index in [1.54, 1.807) is 0 Å². The Balaban J connectivity index is 3.48. The van der Waals surface area contributed by atoms with Crippen LogP contribution >= 0.6 is 0 Å². The fraction of sp³-hybridized carbons (Fsp3) is 0.143. The molecule has 1 aromatic rings. The van der Waals surface area contributed by atoms with Gasteiger partial charge in [0.05, 0.1) is 0 Å². The molecule has 0 atom stereocenters. The summed E-state index contributed by atoms with van der Waals surface area (Å²) in [4.78, 5) is -1.13. The van der Waals surface area contributed by atoms with Crippen molar-refractivity contribution < 1.29 is 17.2 Å². The molecule has 0 saturated carbocycles. The summed E-state index contributed by atoms with van der Waals surface area (Å²) in [6.07, 6.45) is 0. The number of nitrogens with two attached hydrogens (primary N) is 2. The lowest BCUT2D eigenvalue weighted by atomic mass is 10.2. The van der Waals surface area contributed by atoms with E-state index in [0.717, 1.165) is 12.1 Å². The molecule has 14 heavy (non-hydrogen) atoms. The number of hydrogen-bond donors (Lipinski definition) is 2. The van der Waals surface area contributed by atoms with Crippen molar-refractivity contribution in [2.45, 2.75) is 11.4 Å². The maximum absolute atomic E-state index is 13.0. The van der Waals surface area contributed by atoms with E-state index < -0.39 is 26.6 Å². The van der Waals surface area contributed by atoms with Crippen molar-refractivity contribution in [1.29, 1.82) is 0 Å². The Morgan fingerprint density at radius 2 is 1.64 bits per heavy atom. The Bertz CT molecular complexity index is 436. The first kappa shape index (κ1) is 11.0. The molecule has 0 aliphatic rings. The van der Waals surface area contributed by atoms with Crippen molar-refractivity contribution in [2.24, 2.45) is 10.9 Å². The van der Waals surface area contributed by atoms with Crippen LogP contribution in [0.25, 0.3) is 0 Å². The largest absolute Gasteiger partial charge is 0.326 e. The molecule has 0 unspecified atom stereocenters. The summed E-state index contributed by atoms with van der Waals surface area (Å²) in [6.45, 7) is -0.0846. The third-order valence-electron chi connectivity index (χ3n) is 1.58. The first-order chi connectivity index (χ1) is 6.36. The molecule has 0 aromatic heterocycles. The van der Waals surface area contributed by atoms with Gasteiger partial charge in [0.15, 0.2) is 4.90 Å². The van der Waals surface area contributed by atoms with Crippen LogP contribution in [0.15, 0.2) is 17.0 Å². The van der Waals surface area contributed by atoms with E-state index in [-0.39, 0.29) is 12.1 Å². The highest BCUT2D eigenvalue weighted by Crippen LogP contribution is 2.18. The second-order valence-corrected chi connectivity index (χ2v) is 4.14. The minimum absolute atomic E-state index is 0.0846. The molecule has 0 amide bonds. The SMILES string of the molecule is NCc1cc(F)c(S(N)(=O)=O)c(F)c1. The summed E-state index contributed by atoms with van der Waals surface area (Å²) in [6, 6.07) is 1.67. The molecule has 0 aliphatic heterocycles. The average Bonchev–Trinajstić information content (AvgIpc) is 1.99. The number of hydrogen-bond acceptors (Lipinski definition) is 3. The topological polar surface area (TPSA) is 86.2 Å². The Hall–Kier alpha value is -1.05. The number of halogens is 2. The van der Waals surface area contributed by atoms with Crippen LogP contribution in [0.5, 0.6) is 0 Å². The van der Waals surface area contributed by atoms with Gasteiger partial charge in [-0.1, -0.05) is 0 Å². The highest BCUT2D eigenvalue weighted by atomic mass is 32.2. The van der Waals surface area contributed by atoms with E-state index in [0.29, 0.717) is 0 Å². The van der Waals surface area contributed by atoms with Crippen LogP contribution in [0, 0.1) is 11.6 Å². The Morgan fingerprint density at radius 1 is 1.21 bits per heavy atom. The fourth-order valence-corrected chi connectivity index (χ4v) is 1.66. The van der Waals surface area contributed by atoms with E-state index in [2.05, 4.69) is 5.14 Å². The van der Waals surface area contributed by atoms with Crippen molar-refractivity contribution in [3.8, 4) is 0 Å². The predicted molar refractivity (Wildman–Crippen MR) is 45.6 cm³/mol. The molecule has 0 spiro atoms. The first-order valence-corrected chi connectivity index (χ1v) is 5.11. The smallest absolute Gasteiger partial charge is 0.243 e. The number of sulfonamides is 1. The maximum Gasteiger partial charge on any atom is 0.243 e. The van der Waals surface area contributed by atoms with Gasteiger partial charge in [-0.25, -0.2) is 22.3 Å². The summed E-state index contributed by atoms with van der Waals surface area (Å²) in [5, 5.41) is 4.61. The van der Waals surface area contributed by atoms with Crippen molar-refractivity contribution in [3.63, 3.8) is 0 Å². The third kappa shape index (κ3) is 2.06. The van der Waals surface area contributed by atoms with Gasteiger partial charge in [0.25, 0.3) is 0 Å². The van der Waals surface area contributed by atoms with Crippen LogP contribution in [0.4, 0.5) is 8.78 Å². The lowest BCUT2D eigenvalue weighted by Crippen LogP contribution is -2.16. The zero-order valence-electron chi connectivity index (χ0n) is 7.00. The lowest BCUT2D eigenvalue weighted by molar-refractivity contribution is 0.517. The molecule has 0 radical (unpaired) electrons. The van der Waals surface area contributed by atoms with E-state index >= 15 is 0 Å². The molecule has 0 fully saturated rings. The van der Waals surface area contributed by atoms with Crippen molar-refractivity contribution in [1.82, 2.24) is 0 Å². The van der Waals surface area contributed by atoms with Crippen LogP contribution in [0.1, 0.15) is 5.56 Å². The summed E-state index contributed by atoms with van der Waals surface area (Å²) in [7, 11) is -4.38. The molecule has 0 bridgehead atoms. The average molecular weight is 222 g/mol. The molecule has 4 nitrogen and oxygen atoms in total. The molecule has 0 heterocycles. The minimum Gasteiger partial charge on any atom is -0.326 e. The summed E-state index contributed by atoms with van der Waals surface area (Å²) >= 11 is 0. The van der Waals surface area contributed by atoms with Gasteiger partial charge < -0.3 is 5.73 Å². The highest BCUT2D eigenvalue weighted by molar-refractivity contribution is 7.89. The van der Waals surface area contributed by atoms with Crippen LogP contribution in [0.3, 0.4) is 0 Å². The van der Waals surface area contributed by atoms with E-state index in [1.807, 2.05) is 0 Å². The third-order valence-corrected chi connectivity index (χ3v) is 2.54. The van der Waals surface area contributed by atoms with Gasteiger partial charge in [-0.05, 0) is 17.7 Å². The molecular formula is C7H8F2N2O2S. The molecule has 0 aliphatic carbocycles. The maximum atomic E-state index is 13.0. The van der Waals surface area contributed by atoms with E-state index in [1.165, 1.54) is 0 Å². The molecule has 1 rings (SSSR count). The normalized spacial score (nSPS) is 11.7. The quantitative estimate of drug-likeness (QED) is 0.742. The fourth-order valence-electron chi connectivity index (χ4n) is 1.00. The summed E-state index contributed by atoms with van der Waals surface area (Å²) < 4.78 is 47.6. The number of primary sulfonamides is 1. The van der Waals surface area contributed by atoms with Crippen LogP contribution in [-0.2, 0) is 16.6 Å². The minimum atomic E-state index is -4.38. The number of rotatable bonds is 2. The van der Waals surface area contributed by atoms with Crippen molar-refractivity contribution >= 4 is 10.0 Å². The molecular weight excluding hydrogens is 214 g/mol. The predicted octanol–water partition coefficient (Wildman–Crippen LogP) is 0.0709. The number of benzene rings is 1. The van der Waals surface area contributed by atoms with Gasteiger partial charge in [-0.2, -0.15) is 0 Å². The summed E-state index contributed by atoms with van der Waals surface area (Å²) in [5.74, 6) is -2.46. The van der Waals surface area contributed by atoms with Crippen LogP contribution < -0.4 is 10.9 Å². The van der Waals surface area contributed by atoms with Gasteiger partial charge in [0.2, 0.25) is 10.0 Å². The lowest BCUT2D eigenvalue weighted by Gasteiger charge is -2.04. The zero-order valence-corrected chi connectivity index (χ0v) is 7.81. The molecule has 7 heteroatoms. The Kier molecular flexibility index (Phi) is 2.84. The van der Waals surface area contributed by atoms with Crippen molar-refractivity contribution in [3.05, 3.63) is 29.3 Å². The van der Waals surface area contributed by atoms with Gasteiger partial charge in [-0.3, -0.25) is 0 Å². The standard InChI is InChI=1S/C7H8F2N2O2S/c8-5-1-4(3-10)2-6(9)7(5)14(11,12)13/h1-2H,3,10H2,(H2,11,12,13). The van der Waals surface area contributed by atoms with E-state index in [9.17, 15) is 17.2 Å². The van der Waals surface area contributed by atoms with Crippen molar-refractivity contribution in [2.75, 3.05) is 0 Å². The summed E-state index contributed by atoms with van der Waals surface area (Å²) in [5.41, 5.74) is 5.29. The van der Waals surface area contributed by atoms with Gasteiger partial charge in [0, 0.05) is 6.54 Å². The molecule has 1 aromatic carbocycles. The van der Waals surface area contributed by atoms with Gasteiger partial charge >= 0.3 is 0 Å². The van der Waals surface area contributed by atoms with E-state index in [4.69, 9.17) is 5.73 Å². The van der Waals surface area contributed by atoms with Crippen LogP contribution in [0.2, 0.25) is 0 Å². The zero-order chi connectivity index (χ0) is 10.9. The first-order valence-electron chi connectivity index (χ1n) is 3.57. The second kappa shape index (κ2) is 3.60. The Labute approximate surface area is 79.6 Å². The highest BCUT2D eigenvalue weighted by Gasteiger charge is 2.20. The second-order valence-electron chi connectivity index (χ2n) is 2.64. The Morgan fingerprint density at radius 3 is 1.93 bits per heavy atom. The van der Waals surface area contributed by atoms with Gasteiger partial charge in [-0.15, -0.1) is 0 Å². The molecule has 78 valence electrons. The molecule has 4 N–H and O–H groups in total. The van der Waals surface area contributed by atoms with Crippen LogP contribution in [-0.4, -0.2) is 8.42 Å². The van der Waals surface area contributed by atoms with Gasteiger partial charge in [0.1, 0.15) is 11.6 Å². The monoisotopic (exact) mass is 222 g/mol.